The lowest BCUT2D eigenvalue weighted by Gasteiger charge is -2.02. The van der Waals surface area contributed by atoms with Crippen molar-refractivity contribution in [2.45, 2.75) is 20.8 Å². The third-order valence-corrected chi connectivity index (χ3v) is 4.80. The monoisotopic (exact) mass is 346 g/mol. The first-order chi connectivity index (χ1) is 10.9. The number of nitrogens with zero attached hydrogens (tertiary/aromatic N) is 1. The van der Waals surface area contributed by atoms with Gasteiger partial charge in [0.2, 0.25) is 0 Å². The molecule has 1 saturated heterocycles. The number of furan rings is 1. The molecule has 1 aromatic heterocycles. The average molecular weight is 347 g/mol. The van der Waals surface area contributed by atoms with Crippen LogP contribution in [0.3, 0.4) is 0 Å². The molecule has 0 unspecified atom stereocenters. The van der Waals surface area contributed by atoms with Crippen molar-refractivity contribution in [1.29, 1.82) is 0 Å². The van der Waals surface area contributed by atoms with Crippen LogP contribution in [-0.2, 0) is 4.79 Å². The number of hydrogen-bond acceptors (Lipinski definition) is 4. The number of carbonyl (C=O) groups is 1. The molecule has 0 spiro atoms. The molecule has 0 aliphatic carbocycles. The molecular formula is C17H15ClN2O2S. The van der Waals surface area contributed by atoms with E-state index in [-0.39, 0.29) is 5.91 Å². The minimum Gasteiger partial charge on any atom is -0.466 e. The van der Waals surface area contributed by atoms with Crippen LogP contribution >= 0.6 is 23.4 Å². The fraction of sp³-hybridized carbons (Fsp3) is 0.176. The summed E-state index contributed by atoms with van der Waals surface area (Å²) >= 11 is 7.41. The van der Waals surface area contributed by atoms with E-state index in [1.807, 2.05) is 51.1 Å². The Hall–Kier alpha value is -1.98. The van der Waals surface area contributed by atoms with Gasteiger partial charge in [0, 0.05) is 10.6 Å². The zero-order valence-electron chi connectivity index (χ0n) is 12.9. The van der Waals surface area contributed by atoms with Crippen molar-refractivity contribution in [2.75, 3.05) is 0 Å². The lowest BCUT2D eigenvalue weighted by molar-refractivity contribution is -0.115. The summed E-state index contributed by atoms with van der Waals surface area (Å²) in [5.41, 5.74) is 2.53. The Morgan fingerprint density at radius 1 is 1.30 bits per heavy atom. The Balaban J connectivity index is 1.89. The van der Waals surface area contributed by atoms with Gasteiger partial charge < -0.3 is 9.73 Å². The summed E-state index contributed by atoms with van der Waals surface area (Å²) < 4.78 is 5.48. The van der Waals surface area contributed by atoms with Gasteiger partial charge in [0.1, 0.15) is 11.5 Å². The van der Waals surface area contributed by atoms with Gasteiger partial charge in [0.05, 0.1) is 10.6 Å². The molecule has 1 amide bonds. The van der Waals surface area contributed by atoms with Crippen molar-refractivity contribution < 1.29 is 9.21 Å². The quantitative estimate of drug-likeness (QED) is 0.798. The molecule has 0 saturated carbocycles. The normalized spacial score (nSPS) is 18.0. The molecule has 118 valence electrons. The van der Waals surface area contributed by atoms with E-state index in [0.717, 1.165) is 28.3 Å². The van der Waals surface area contributed by atoms with Crippen LogP contribution < -0.4 is 5.32 Å². The van der Waals surface area contributed by atoms with Crippen molar-refractivity contribution in [2.24, 2.45) is 4.99 Å². The van der Waals surface area contributed by atoms with Crippen molar-refractivity contribution in [3.63, 3.8) is 0 Å². The van der Waals surface area contributed by atoms with Crippen molar-refractivity contribution in [3.05, 3.63) is 56.8 Å². The average Bonchev–Trinajstić information content (AvgIpc) is 2.98. The molecule has 1 N–H and O–H groups in total. The summed E-state index contributed by atoms with van der Waals surface area (Å²) in [5.74, 6) is 1.45. The van der Waals surface area contributed by atoms with Gasteiger partial charge in [0.25, 0.3) is 5.91 Å². The molecule has 1 aliphatic heterocycles. The highest BCUT2D eigenvalue weighted by Crippen LogP contribution is 2.31. The van der Waals surface area contributed by atoms with E-state index in [9.17, 15) is 4.79 Å². The van der Waals surface area contributed by atoms with Gasteiger partial charge in [-0.25, -0.2) is 4.99 Å². The van der Waals surface area contributed by atoms with Crippen LogP contribution in [0.4, 0.5) is 5.69 Å². The highest BCUT2D eigenvalue weighted by atomic mass is 35.5. The minimum absolute atomic E-state index is 0.160. The highest BCUT2D eigenvalue weighted by molar-refractivity contribution is 8.18. The predicted octanol–water partition coefficient (Wildman–Crippen LogP) is 4.75. The summed E-state index contributed by atoms with van der Waals surface area (Å²) in [5, 5.41) is 3.98. The van der Waals surface area contributed by atoms with E-state index in [1.165, 1.54) is 11.8 Å². The summed E-state index contributed by atoms with van der Waals surface area (Å²) in [7, 11) is 0. The predicted molar refractivity (Wildman–Crippen MR) is 95.2 cm³/mol. The summed E-state index contributed by atoms with van der Waals surface area (Å²) in [6.45, 7) is 5.66. The SMILES string of the molecule is Cc1cc(/C=C2\SC(=Nc3cccc(Cl)c3C)NC2=O)c(C)o1. The Bertz CT molecular complexity index is 852. The van der Waals surface area contributed by atoms with E-state index in [2.05, 4.69) is 10.3 Å². The van der Waals surface area contributed by atoms with E-state index in [4.69, 9.17) is 16.0 Å². The first-order valence-electron chi connectivity index (χ1n) is 7.06. The number of benzene rings is 1. The maximum absolute atomic E-state index is 12.1. The second-order valence-electron chi connectivity index (χ2n) is 5.23. The molecule has 3 rings (SSSR count). The van der Waals surface area contributed by atoms with Gasteiger partial charge in [-0.05, 0) is 62.4 Å². The van der Waals surface area contributed by atoms with Crippen LogP contribution in [0, 0.1) is 20.8 Å². The van der Waals surface area contributed by atoms with E-state index < -0.39 is 0 Å². The van der Waals surface area contributed by atoms with Crippen molar-refractivity contribution in [1.82, 2.24) is 5.32 Å². The number of aryl methyl sites for hydroxylation is 2. The molecule has 23 heavy (non-hydrogen) atoms. The van der Waals surface area contributed by atoms with Gasteiger partial charge in [-0.2, -0.15) is 0 Å². The third-order valence-electron chi connectivity index (χ3n) is 3.48. The largest absolute Gasteiger partial charge is 0.466 e. The second kappa shape index (κ2) is 6.26. The van der Waals surface area contributed by atoms with Crippen LogP contribution in [0.15, 0.2) is 38.6 Å². The second-order valence-corrected chi connectivity index (χ2v) is 6.67. The Morgan fingerprint density at radius 2 is 2.09 bits per heavy atom. The molecule has 0 radical (unpaired) electrons. The third kappa shape index (κ3) is 3.35. The lowest BCUT2D eigenvalue weighted by Crippen LogP contribution is -2.19. The maximum atomic E-state index is 12.1. The number of carbonyl (C=O) groups excluding carboxylic acids is 1. The fourth-order valence-electron chi connectivity index (χ4n) is 2.24. The molecule has 4 nitrogen and oxygen atoms in total. The lowest BCUT2D eigenvalue weighted by atomic mass is 10.2. The number of rotatable bonds is 2. The molecule has 2 heterocycles. The highest BCUT2D eigenvalue weighted by Gasteiger charge is 2.24. The van der Waals surface area contributed by atoms with E-state index >= 15 is 0 Å². The number of aliphatic imine (C=N–C) groups is 1. The van der Waals surface area contributed by atoms with Gasteiger partial charge in [-0.3, -0.25) is 4.79 Å². The Morgan fingerprint density at radius 3 is 2.78 bits per heavy atom. The van der Waals surface area contributed by atoms with Crippen LogP contribution in [0.25, 0.3) is 6.08 Å². The topological polar surface area (TPSA) is 54.6 Å². The molecule has 2 aromatic rings. The standard InChI is InChI=1S/C17H15ClN2O2S/c1-9-7-12(11(3)22-9)8-15-16(21)20-17(23-15)19-14-6-4-5-13(18)10(14)2/h4-8H,1-3H3,(H,19,20,21)/b15-8-. The zero-order chi connectivity index (χ0) is 16.6. The van der Waals surface area contributed by atoms with Gasteiger partial charge >= 0.3 is 0 Å². The number of amides is 1. The van der Waals surface area contributed by atoms with Crippen molar-refractivity contribution >= 4 is 46.2 Å². The molecule has 0 bridgehead atoms. The minimum atomic E-state index is -0.160. The number of halogens is 1. The van der Waals surface area contributed by atoms with Gasteiger partial charge in [0.15, 0.2) is 5.17 Å². The molecule has 1 aliphatic rings. The first kappa shape index (κ1) is 15.9. The smallest absolute Gasteiger partial charge is 0.264 e. The number of hydrogen-bond donors (Lipinski definition) is 1. The van der Waals surface area contributed by atoms with Crippen LogP contribution in [0.2, 0.25) is 5.02 Å². The Labute approximate surface area is 143 Å². The zero-order valence-corrected chi connectivity index (χ0v) is 14.5. The molecule has 6 heteroatoms. The number of amidine groups is 1. The fourth-order valence-corrected chi connectivity index (χ4v) is 3.24. The van der Waals surface area contributed by atoms with Gasteiger partial charge in [-0.15, -0.1) is 0 Å². The number of nitrogens with one attached hydrogen (secondary N) is 1. The van der Waals surface area contributed by atoms with Crippen molar-refractivity contribution in [3.8, 4) is 0 Å². The van der Waals surface area contributed by atoms with Crippen LogP contribution in [0.1, 0.15) is 22.6 Å². The first-order valence-corrected chi connectivity index (χ1v) is 8.25. The van der Waals surface area contributed by atoms with E-state index in [1.54, 1.807) is 0 Å². The molecule has 1 fully saturated rings. The van der Waals surface area contributed by atoms with Crippen LogP contribution in [0.5, 0.6) is 0 Å². The summed E-state index contributed by atoms with van der Waals surface area (Å²) in [6, 6.07) is 7.43. The molecular weight excluding hydrogens is 332 g/mol. The van der Waals surface area contributed by atoms with E-state index in [0.29, 0.717) is 15.1 Å². The summed E-state index contributed by atoms with van der Waals surface area (Å²) in [4.78, 5) is 17.2. The van der Waals surface area contributed by atoms with Gasteiger partial charge in [-0.1, -0.05) is 17.7 Å². The molecule has 0 atom stereocenters. The number of thioether (sulfide) groups is 1. The van der Waals surface area contributed by atoms with Crippen LogP contribution in [-0.4, -0.2) is 11.1 Å². The molecule has 1 aromatic carbocycles. The Kier molecular flexibility index (Phi) is 4.33. The summed E-state index contributed by atoms with van der Waals surface area (Å²) in [6.07, 6.45) is 1.82. The maximum Gasteiger partial charge on any atom is 0.264 e.